The summed E-state index contributed by atoms with van der Waals surface area (Å²) >= 11 is 3.77. The van der Waals surface area contributed by atoms with E-state index in [1.54, 1.807) is 0 Å². The Morgan fingerprint density at radius 3 is 2.47 bits per heavy atom. The van der Waals surface area contributed by atoms with Crippen LogP contribution in [-0.4, -0.2) is 16.4 Å². The Balaban J connectivity index is 1.69. The van der Waals surface area contributed by atoms with Crippen molar-refractivity contribution in [2.24, 2.45) is 35.5 Å². The molecule has 4 rings (SSSR count). The molecule has 2 nitrogen and oxygen atoms in total. The summed E-state index contributed by atoms with van der Waals surface area (Å²) in [6, 6.07) is 0. The minimum Gasteiger partial charge on any atom is -0.291 e. The van der Waals surface area contributed by atoms with E-state index in [-0.39, 0.29) is 23.4 Å². The molecule has 4 saturated carbocycles. The van der Waals surface area contributed by atoms with E-state index in [9.17, 15) is 9.59 Å². The second kappa shape index (κ2) is 4.41. The highest BCUT2D eigenvalue weighted by Gasteiger charge is 2.59. The normalized spacial score (nSPS) is 52.8. The zero-order valence-corrected chi connectivity index (χ0v) is 12.8. The Labute approximate surface area is 122 Å². The first-order valence-electron chi connectivity index (χ1n) is 7.89. The first-order chi connectivity index (χ1) is 9.16. The quantitative estimate of drug-likeness (QED) is 0.505. The third-order valence-electron chi connectivity index (χ3n) is 6.48. The Kier molecular flexibility index (Phi) is 2.91. The number of hydrogen-bond donors (Lipinski definition) is 0. The number of alkyl halides is 1. The van der Waals surface area contributed by atoms with E-state index in [0.29, 0.717) is 22.6 Å². The van der Waals surface area contributed by atoms with Crippen LogP contribution in [0.15, 0.2) is 0 Å². The molecule has 0 N–H and O–H groups in total. The van der Waals surface area contributed by atoms with Crippen molar-refractivity contribution in [3.05, 3.63) is 0 Å². The monoisotopic (exact) mass is 324 g/mol. The minimum absolute atomic E-state index is 0.00274. The number of rotatable bonds is 0. The Hall–Kier alpha value is -0.180. The molecule has 0 aromatic carbocycles. The summed E-state index contributed by atoms with van der Waals surface area (Å²) in [4.78, 5) is 25.1. The van der Waals surface area contributed by atoms with E-state index in [2.05, 4.69) is 15.9 Å². The molecule has 0 aromatic rings. The maximum atomic E-state index is 12.3. The van der Waals surface area contributed by atoms with Crippen LogP contribution in [0.1, 0.15) is 44.9 Å². The summed E-state index contributed by atoms with van der Waals surface area (Å²) in [7, 11) is 0. The molecule has 104 valence electrons. The zero-order valence-electron chi connectivity index (χ0n) is 11.2. The van der Waals surface area contributed by atoms with Gasteiger partial charge in [-0.1, -0.05) is 22.4 Å². The van der Waals surface area contributed by atoms with Gasteiger partial charge in [-0.05, 0) is 62.2 Å². The van der Waals surface area contributed by atoms with Gasteiger partial charge in [-0.3, -0.25) is 9.59 Å². The van der Waals surface area contributed by atoms with E-state index in [1.807, 2.05) is 0 Å². The Morgan fingerprint density at radius 2 is 1.63 bits per heavy atom. The predicted octanol–water partition coefficient (Wildman–Crippen LogP) is 3.37. The number of halogens is 1. The molecule has 0 heterocycles. The third-order valence-corrected chi connectivity index (χ3v) is 7.31. The molecule has 7 unspecified atom stereocenters. The summed E-state index contributed by atoms with van der Waals surface area (Å²) < 4.78 is 0. The first kappa shape index (κ1) is 12.6. The lowest BCUT2D eigenvalue weighted by Crippen LogP contribution is -2.45. The van der Waals surface area contributed by atoms with Gasteiger partial charge < -0.3 is 0 Å². The molecule has 4 aliphatic carbocycles. The molecule has 4 aliphatic rings. The number of carbonyl (C=O) groups is 2. The van der Waals surface area contributed by atoms with Gasteiger partial charge in [0.05, 0.1) is 0 Å². The predicted molar refractivity (Wildman–Crippen MR) is 76.0 cm³/mol. The highest BCUT2D eigenvalue weighted by Crippen LogP contribution is 2.58. The molecule has 0 radical (unpaired) electrons. The SMILES string of the molecule is O=C1C(=O)C2CC3CC(Br)CCC3C3CCCC1C23. The molecule has 0 saturated heterocycles. The second-order valence-corrected chi connectivity index (χ2v) is 8.48. The average Bonchev–Trinajstić information content (AvgIpc) is 2.65. The lowest BCUT2D eigenvalue weighted by molar-refractivity contribution is -0.137. The van der Waals surface area contributed by atoms with Crippen molar-refractivity contribution in [3.8, 4) is 0 Å². The maximum absolute atomic E-state index is 12.3. The van der Waals surface area contributed by atoms with Crippen molar-refractivity contribution in [1.29, 1.82) is 0 Å². The molecule has 0 amide bonds. The maximum Gasteiger partial charge on any atom is 0.202 e. The van der Waals surface area contributed by atoms with E-state index in [0.717, 1.165) is 18.8 Å². The van der Waals surface area contributed by atoms with Crippen molar-refractivity contribution in [2.75, 3.05) is 0 Å². The van der Waals surface area contributed by atoms with Crippen molar-refractivity contribution in [3.63, 3.8) is 0 Å². The van der Waals surface area contributed by atoms with Crippen molar-refractivity contribution in [1.82, 2.24) is 0 Å². The fourth-order valence-electron chi connectivity index (χ4n) is 5.84. The fraction of sp³-hybridized carbons (Fsp3) is 0.875. The van der Waals surface area contributed by atoms with Gasteiger partial charge in [-0.25, -0.2) is 0 Å². The molecule has 0 aromatic heterocycles. The number of ketones is 2. The molecule has 3 heteroatoms. The van der Waals surface area contributed by atoms with Crippen molar-refractivity contribution >= 4 is 27.5 Å². The summed E-state index contributed by atoms with van der Waals surface area (Å²) in [6.45, 7) is 0. The molecule has 4 fully saturated rings. The molecular formula is C16H21BrO2. The van der Waals surface area contributed by atoms with Gasteiger partial charge in [0.25, 0.3) is 0 Å². The zero-order chi connectivity index (χ0) is 13.1. The van der Waals surface area contributed by atoms with Gasteiger partial charge in [0.2, 0.25) is 11.6 Å². The van der Waals surface area contributed by atoms with Crippen LogP contribution >= 0.6 is 15.9 Å². The summed E-state index contributed by atoms with van der Waals surface area (Å²) in [5.74, 6) is 2.81. The van der Waals surface area contributed by atoms with Gasteiger partial charge in [0.1, 0.15) is 0 Å². The fourth-order valence-corrected chi connectivity index (χ4v) is 6.58. The van der Waals surface area contributed by atoms with E-state index >= 15 is 0 Å². The number of Topliss-reactive ketones (excluding diaryl/α,β-unsaturated/α-hetero) is 2. The Bertz CT molecular complexity index is 432. The van der Waals surface area contributed by atoms with Crippen molar-refractivity contribution in [2.45, 2.75) is 49.8 Å². The van der Waals surface area contributed by atoms with Crippen LogP contribution in [0.4, 0.5) is 0 Å². The molecule has 19 heavy (non-hydrogen) atoms. The number of carbonyl (C=O) groups excluding carboxylic acids is 2. The van der Waals surface area contributed by atoms with Gasteiger partial charge in [-0.15, -0.1) is 0 Å². The largest absolute Gasteiger partial charge is 0.291 e. The Morgan fingerprint density at radius 1 is 0.842 bits per heavy atom. The van der Waals surface area contributed by atoms with Crippen LogP contribution < -0.4 is 0 Å². The van der Waals surface area contributed by atoms with Gasteiger partial charge in [-0.2, -0.15) is 0 Å². The summed E-state index contributed by atoms with van der Waals surface area (Å²) in [6.07, 6.45) is 8.24. The minimum atomic E-state index is -0.00580. The third kappa shape index (κ3) is 1.73. The van der Waals surface area contributed by atoms with E-state index < -0.39 is 0 Å². The standard InChI is InChI=1S/C16H21BrO2/c17-9-4-5-10-8(6-9)7-13-14-11(10)2-1-3-12(14)15(18)16(13)19/h8-14H,1-7H2. The van der Waals surface area contributed by atoms with Crippen LogP contribution in [0.25, 0.3) is 0 Å². The first-order valence-corrected chi connectivity index (χ1v) is 8.80. The number of hydrogen-bond acceptors (Lipinski definition) is 2. The molecule has 0 aliphatic heterocycles. The topological polar surface area (TPSA) is 34.1 Å². The molecular weight excluding hydrogens is 304 g/mol. The summed E-state index contributed by atoms with van der Waals surface area (Å²) in [5.41, 5.74) is 0. The lowest BCUT2D eigenvalue weighted by atomic mass is 9.54. The van der Waals surface area contributed by atoms with Crippen LogP contribution in [0.5, 0.6) is 0 Å². The van der Waals surface area contributed by atoms with Gasteiger partial charge in [0.15, 0.2) is 0 Å². The lowest BCUT2D eigenvalue weighted by Gasteiger charge is -2.50. The van der Waals surface area contributed by atoms with E-state index in [1.165, 1.54) is 32.1 Å². The van der Waals surface area contributed by atoms with Crippen LogP contribution in [0.2, 0.25) is 0 Å². The summed E-state index contributed by atoms with van der Waals surface area (Å²) in [5, 5.41) is 0. The van der Waals surface area contributed by atoms with Gasteiger partial charge in [0, 0.05) is 16.7 Å². The van der Waals surface area contributed by atoms with Crippen LogP contribution in [-0.2, 0) is 9.59 Å². The molecule has 0 spiro atoms. The molecule has 7 atom stereocenters. The van der Waals surface area contributed by atoms with E-state index in [4.69, 9.17) is 0 Å². The average molecular weight is 325 g/mol. The molecule has 0 bridgehead atoms. The van der Waals surface area contributed by atoms with Gasteiger partial charge >= 0.3 is 0 Å². The highest BCUT2D eigenvalue weighted by atomic mass is 79.9. The van der Waals surface area contributed by atoms with Crippen LogP contribution in [0, 0.1) is 35.5 Å². The number of fused-ring (bicyclic) bond motifs is 2. The van der Waals surface area contributed by atoms with Crippen LogP contribution in [0.3, 0.4) is 0 Å². The second-order valence-electron chi connectivity index (χ2n) is 7.18. The highest BCUT2D eigenvalue weighted by molar-refractivity contribution is 9.09. The van der Waals surface area contributed by atoms with Crippen molar-refractivity contribution < 1.29 is 9.59 Å². The smallest absolute Gasteiger partial charge is 0.202 e.